The van der Waals surface area contributed by atoms with E-state index in [4.69, 9.17) is 4.74 Å². The van der Waals surface area contributed by atoms with Gasteiger partial charge in [-0.3, -0.25) is 9.59 Å². The molecule has 0 radical (unpaired) electrons. The Bertz CT molecular complexity index is 570. The van der Waals surface area contributed by atoms with Crippen LogP contribution in [0.5, 0.6) is 5.88 Å². The highest BCUT2D eigenvalue weighted by Crippen LogP contribution is 2.23. The third kappa shape index (κ3) is 4.69. The Kier molecular flexibility index (Phi) is 5.80. The van der Waals surface area contributed by atoms with Crippen LogP contribution in [-0.2, 0) is 16.1 Å². The van der Waals surface area contributed by atoms with Crippen LogP contribution >= 0.6 is 0 Å². The zero-order valence-corrected chi connectivity index (χ0v) is 15.0. The summed E-state index contributed by atoms with van der Waals surface area (Å²) in [7, 11) is 1.57. The Balaban J connectivity index is 1.79. The molecule has 1 aliphatic heterocycles. The predicted molar refractivity (Wildman–Crippen MR) is 91.4 cm³/mol. The number of methoxy groups -OCH3 is 1. The Labute approximate surface area is 143 Å². The summed E-state index contributed by atoms with van der Waals surface area (Å²) in [6, 6.07) is 3.66. The third-order valence-corrected chi connectivity index (χ3v) is 4.27. The molecule has 0 unspecified atom stereocenters. The maximum absolute atomic E-state index is 12.3. The van der Waals surface area contributed by atoms with Gasteiger partial charge in [-0.1, -0.05) is 26.8 Å². The number of amides is 2. The molecule has 0 spiro atoms. The zero-order chi connectivity index (χ0) is 17.7. The maximum atomic E-state index is 12.3. The minimum absolute atomic E-state index is 0.0276. The summed E-state index contributed by atoms with van der Waals surface area (Å²) in [5.74, 6) is 0.737. The number of likely N-dealkylation sites (tertiary alicyclic amines) is 1. The Morgan fingerprint density at radius 1 is 1.29 bits per heavy atom. The van der Waals surface area contributed by atoms with Crippen LogP contribution in [0.3, 0.4) is 0 Å². The lowest BCUT2D eigenvalue weighted by Gasteiger charge is -2.35. The van der Waals surface area contributed by atoms with Crippen molar-refractivity contribution in [3.05, 3.63) is 23.9 Å². The van der Waals surface area contributed by atoms with Crippen LogP contribution in [-0.4, -0.2) is 41.9 Å². The molecule has 0 atom stereocenters. The van der Waals surface area contributed by atoms with E-state index in [0.29, 0.717) is 38.4 Å². The number of nitrogens with zero attached hydrogens (tertiary/aromatic N) is 2. The van der Waals surface area contributed by atoms with Gasteiger partial charge in [0.25, 0.3) is 0 Å². The molecule has 6 heteroatoms. The van der Waals surface area contributed by atoms with E-state index in [1.807, 2.05) is 31.7 Å². The van der Waals surface area contributed by atoms with Gasteiger partial charge < -0.3 is 15.0 Å². The molecule has 1 saturated heterocycles. The fraction of sp³-hybridized carbons (Fsp3) is 0.611. The number of nitrogens with one attached hydrogen (secondary N) is 1. The van der Waals surface area contributed by atoms with Crippen molar-refractivity contribution in [2.75, 3.05) is 20.2 Å². The summed E-state index contributed by atoms with van der Waals surface area (Å²) in [6.45, 7) is 7.54. The average Bonchev–Trinajstić information content (AvgIpc) is 2.58. The van der Waals surface area contributed by atoms with Crippen LogP contribution in [0.15, 0.2) is 18.3 Å². The maximum Gasteiger partial charge on any atom is 0.227 e. The Hall–Kier alpha value is -2.11. The number of piperidine rings is 1. The van der Waals surface area contributed by atoms with Gasteiger partial charge in [0, 0.05) is 43.2 Å². The molecule has 2 heterocycles. The van der Waals surface area contributed by atoms with Gasteiger partial charge in [-0.15, -0.1) is 0 Å². The molecule has 24 heavy (non-hydrogen) atoms. The molecule has 6 nitrogen and oxygen atoms in total. The van der Waals surface area contributed by atoms with E-state index < -0.39 is 0 Å². The number of hydrogen-bond acceptors (Lipinski definition) is 4. The minimum Gasteiger partial charge on any atom is -0.481 e. The van der Waals surface area contributed by atoms with Gasteiger partial charge >= 0.3 is 0 Å². The van der Waals surface area contributed by atoms with Crippen LogP contribution in [0.25, 0.3) is 0 Å². The van der Waals surface area contributed by atoms with Crippen molar-refractivity contribution in [1.82, 2.24) is 15.2 Å². The second-order valence-electron chi connectivity index (χ2n) is 7.24. The number of aromatic nitrogens is 1. The van der Waals surface area contributed by atoms with Crippen LogP contribution in [0.2, 0.25) is 0 Å². The predicted octanol–water partition coefficient (Wildman–Crippen LogP) is 1.99. The minimum atomic E-state index is -0.365. The lowest BCUT2D eigenvalue weighted by Crippen LogP contribution is -2.46. The number of carbonyl (C=O) groups is 2. The molecule has 0 bridgehead atoms. The number of carbonyl (C=O) groups excluding carboxylic acids is 2. The highest BCUT2D eigenvalue weighted by molar-refractivity contribution is 5.82. The highest BCUT2D eigenvalue weighted by Gasteiger charge is 2.32. The van der Waals surface area contributed by atoms with Gasteiger partial charge in [-0.2, -0.15) is 0 Å². The molecule has 132 valence electrons. The van der Waals surface area contributed by atoms with E-state index in [1.165, 1.54) is 0 Å². The fourth-order valence-electron chi connectivity index (χ4n) is 2.79. The molecule has 1 aromatic heterocycles. The van der Waals surface area contributed by atoms with Crippen molar-refractivity contribution < 1.29 is 14.3 Å². The zero-order valence-electron chi connectivity index (χ0n) is 15.0. The standard InChI is InChI=1S/C18H27N3O3/c1-18(2,3)17(23)21-9-7-14(8-10-21)16(22)20-12-13-5-6-15(24-4)19-11-13/h5-6,11,14H,7-10,12H2,1-4H3,(H,20,22). The van der Waals surface area contributed by atoms with E-state index >= 15 is 0 Å². The van der Waals surface area contributed by atoms with Gasteiger partial charge in [0.1, 0.15) is 0 Å². The summed E-state index contributed by atoms with van der Waals surface area (Å²) in [5.41, 5.74) is 0.570. The third-order valence-electron chi connectivity index (χ3n) is 4.27. The second-order valence-corrected chi connectivity index (χ2v) is 7.24. The van der Waals surface area contributed by atoms with Crippen molar-refractivity contribution in [3.8, 4) is 5.88 Å². The lowest BCUT2D eigenvalue weighted by atomic mass is 9.90. The van der Waals surface area contributed by atoms with Crippen LogP contribution in [0, 0.1) is 11.3 Å². The van der Waals surface area contributed by atoms with E-state index in [-0.39, 0.29) is 23.1 Å². The number of pyridine rings is 1. The first-order valence-corrected chi connectivity index (χ1v) is 8.37. The topological polar surface area (TPSA) is 71.5 Å². The van der Waals surface area contributed by atoms with E-state index in [9.17, 15) is 9.59 Å². The molecule has 1 aliphatic rings. The first kappa shape index (κ1) is 18.2. The summed E-state index contributed by atoms with van der Waals surface area (Å²) in [6.07, 6.45) is 3.13. The number of rotatable bonds is 4. The Morgan fingerprint density at radius 3 is 2.46 bits per heavy atom. The smallest absolute Gasteiger partial charge is 0.227 e. The molecular formula is C18H27N3O3. The summed E-state index contributed by atoms with van der Waals surface area (Å²) >= 11 is 0. The van der Waals surface area contributed by atoms with Crippen LogP contribution < -0.4 is 10.1 Å². The molecule has 1 fully saturated rings. The van der Waals surface area contributed by atoms with Crippen molar-refractivity contribution in [1.29, 1.82) is 0 Å². The quantitative estimate of drug-likeness (QED) is 0.915. The van der Waals surface area contributed by atoms with Crippen molar-refractivity contribution >= 4 is 11.8 Å². The summed E-state index contributed by atoms with van der Waals surface area (Å²) in [5, 5.41) is 2.96. The van der Waals surface area contributed by atoms with Gasteiger partial charge in [-0.25, -0.2) is 4.98 Å². The van der Waals surface area contributed by atoms with E-state index in [0.717, 1.165) is 5.56 Å². The van der Waals surface area contributed by atoms with Crippen molar-refractivity contribution in [2.24, 2.45) is 11.3 Å². The van der Waals surface area contributed by atoms with Crippen molar-refractivity contribution in [3.63, 3.8) is 0 Å². The second kappa shape index (κ2) is 7.64. The molecule has 0 aromatic carbocycles. The number of hydrogen-bond donors (Lipinski definition) is 1. The SMILES string of the molecule is COc1ccc(CNC(=O)C2CCN(C(=O)C(C)(C)C)CC2)cn1. The molecule has 0 saturated carbocycles. The van der Waals surface area contributed by atoms with Gasteiger partial charge in [-0.05, 0) is 18.4 Å². The molecule has 2 amide bonds. The molecule has 0 aliphatic carbocycles. The molecule has 2 rings (SSSR count). The summed E-state index contributed by atoms with van der Waals surface area (Å²) < 4.78 is 5.01. The monoisotopic (exact) mass is 333 g/mol. The largest absolute Gasteiger partial charge is 0.481 e. The van der Waals surface area contributed by atoms with E-state index in [2.05, 4.69) is 10.3 Å². The average molecular weight is 333 g/mol. The lowest BCUT2D eigenvalue weighted by molar-refractivity contribution is -0.142. The molecular weight excluding hydrogens is 306 g/mol. The van der Waals surface area contributed by atoms with Crippen LogP contribution in [0.1, 0.15) is 39.2 Å². The first-order valence-electron chi connectivity index (χ1n) is 8.37. The highest BCUT2D eigenvalue weighted by atomic mass is 16.5. The first-order chi connectivity index (χ1) is 11.3. The molecule has 1 N–H and O–H groups in total. The normalized spacial score (nSPS) is 15.9. The van der Waals surface area contributed by atoms with E-state index in [1.54, 1.807) is 19.4 Å². The fourth-order valence-corrected chi connectivity index (χ4v) is 2.79. The van der Waals surface area contributed by atoms with Gasteiger partial charge in [0.15, 0.2) is 0 Å². The number of ether oxygens (including phenoxy) is 1. The molecule has 1 aromatic rings. The summed E-state index contributed by atoms with van der Waals surface area (Å²) in [4.78, 5) is 30.6. The van der Waals surface area contributed by atoms with Crippen LogP contribution in [0.4, 0.5) is 0 Å². The van der Waals surface area contributed by atoms with Gasteiger partial charge in [0.2, 0.25) is 17.7 Å². The van der Waals surface area contributed by atoms with Gasteiger partial charge in [0.05, 0.1) is 7.11 Å². The Morgan fingerprint density at radius 2 is 1.96 bits per heavy atom. The van der Waals surface area contributed by atoms with Crippen molar-refractivity contribution in [2.45, 2.75) is 40.2 Å².